The Morgan fingerprint density at radius 2 is 1.74 bits per heavy atom. The fraction of sp³-hybridized carbons (Fsp3) is 0.478. The molecule has 1 aliphatic heterocycles. The van der Waals surface area contributed by atoms with Crippen molar-refractivity contribution in [2.45, 2.75) is 43.8 Å². The molecule has 2 aromatic rings. The van der Waals surface area contributed by atoms with E-state index in [-0.39, 0.29) is 0 Å². The summed E-state index contributed by atoms with van der Waals surface area (Å²) >= 11 is 0. The number of fused-ring (bicyclic) bond motifs is 1. The van der Waals surface area contributed by atoms with E-state index in [1.54, 1.807) is 7.11 Å². The lowest BCUT2D eigenvalue weighted by Gasteiger charge is -2.39. The van der Waals surface area contributed by atoms with Crippen molar-refractivity contribution in [1.29, 1.82) is 0 Å². The normalized spacial score (nSPS) is 20.3. The summed E-state index contributed by atoms with van der Waals surface area (Å²) in [6.45, 7) is 2.19. The summed E-state index contributed by atoms with van der Waals surface area (Å²) in [6.07, 6.45) is 4.41. The van der Waals surface area contributed by atoms with E-state index >= 15 is 0 Å². The molecule has 0 bridgehead atoms. The number of piperidine rings is 1. The Balaban J connectivity index is 1.36. The van der Waals surface area contributed by atoms with Crippen LogP contribution >= 0.6 is 0 Å². The predicted octanol–water partition coefficient (Wildman–Crippen LogP) is 3.20. The number of hydrogen-bond donors (Lipinski definition) is 2. The highest BCUT2D eigenvalue weighted by Gasteiger charge is 2.34. The first-order valence-corrected chi connectivity index (χ1v) is 9.96. The number of ether oxygens (including phenoxy) is 1. The van der Waals surface area contributed by atoms with Gasteiger partial charge in [-0.1, -0.05) is 30.3 Å². The van der Waals surface area contributed by atoms with E-state index in [0.717, 1.165) is 36.4 Å². The molecule has 0 aromatic heterocycles. The van der Waals surface area contributed by atoms with Crippen LogP contribution in [0.5, 0.6) is 5.75 Å². The largest absolute Gasteiger partial charge is 0.497 e. The third kappa shape index (κ3) is 3.88. The van der Waals surface area contributed by atoms with Crippen molar-refractivity contribution in [2.75, 3.05) is 26.7 Å². The van der Waals surface area contributed by atoms with Crippen LogP contribution in [0.15, 0.2) is 42.5 Å². The van der Waals surface area contributed by atoms with Crippen LogP contribution in [0.3, 0.4) is 0 Å². The molecule has 27 heavy (non-hydrogen) atoms. The number of nitrogens with zero attached hydrogens (tertiary/aromatic N) is 1. The van der Waals surface area contributed by atoms with Crippen LogP contribution in [-0.2, 0) is 18.4 Å². The van der Waals surface area contributed by atoms with Crippen molar-refractivity contribution in [1.82, 2.24) is 4.90 Å². The van der Waals surface area contributed by atoms with Gasteiger partial charge in [0.25, 0.3) is 0 Å². The van der Waals surface area contributed by atoms with Crippen LogP contribution in [0.4, 0.5) is 0 Å². The van der Waals surface area contributed by atoms with Crippen LogP contribution in [-0.4, -0.2) is 41.9 Å². The number of aryl methyl sites for hydroxylation is 2. The Hall–Kier alpha value is -1.88. The van der Waals surface area contributed by atoms with Gasteiger partial charge in [-0.15, -0.1) is 0 Å². The topological polar surface area (TPSA) is 52.9 Å². The van der Waals surface area contributed by atoms with Crippen molar-refractivity contribution < 1.29 is 14.9 Å². The summed E-state index contributed by atoms with van der Waals surface area (Å²) in [5, 5.41) is 21.7. The molecule has 2 N–H and O–H groups in total. The van der Waals surface area contributed by atoms with Gasteiger partial charge < -0.3 is 19.8 Å². The maximum atomic E-state index is 11.1. The highest BCUT2D eigenvalue weighted by atomic mass is 16.5. The van der Waals surface area contributed by atoms with Gasteiger partial charge in [-0.05, 0) is 66.5 Å². The summed E-state index contributed by atoms with van der Waals surface area (Å²) in [5.41, 5.74) is 4.02. The number of β-amino-alcohol motifs (C(OH)–C–C–N with tert-alkyl or cyclic N) is 1. The van der Waals surface area contributed by atoms with Gasteiger partial charge in [-0.2, -0.15) is 0 Å². The molecule has 1 heterocycles. The molecule has 0 spiro atoms. The Labute approximate surface area is 161 Å². The summed E-state index contributed by atoms with van der Waals surface area (Å²) in [5.74, 6) is 0.803. The van der Waals surface area contributed by atoms with E-state index in [4.69, 9.17) is 4.74 Å². The minimum Gasteiger partial charge on any atom is -0.497 e. The number of hydrogen-bond acceptors (Lipinski definition) is 4. The first kappa shape index (κ1) is 18.5. The molecule has 0 radical (unpaired) electrons. The SMILES string of the molecule is COc1ccc(C2(O)CCN(CC(O)c3ccc4c(c3)CCC4)CC2)cc1. The molecule has 1 saturated heterocycles. The molecule has 2 aromatic carbocycles. The fourth-order valence-corrected chi connectivity index (χ4v) is 4.44. The number of methoxy groups -OCH3 is 1. The number of aliphatic hydroxyl groups is 2. The molecular weight excluding hydrogens is 338 g/mol. The minimum absolute atomic E-state index is 0.469. The van der Waals surface area contributed by atoms with E-state index in [1.165, 1.54) is 24.0 Å². The summed E-state index contributed by atoms with van der Waals surface area (Å²) in [6, 6.07) is 14.1. The number of rotatable bonds is 5. The highest BCUT2D eigenvalue weighted by molar-refractivity contribution is 5.36. The van der Waals surface area contributed by atoms with Crippen LogP contribution in [0.1, 0.15) is 47.6 Å². The Bertz CT molecular complexity index is 779. The van der Waals surface area contributed by atoms with Crippen molar-refractivity contribution in [3.63, 3.8) is 0 Å². The third-order valence-electron chi connectivity index (χ3n) is 6.25. The molecule has 0 saturated carbocycles. The van der Waals surface area contributed by atoms with Gasteiger partial charge in [0.05, 0.1) is 18.8 Å². The number of benzene rings is 2. The number of aliphatic hydroxyl groups excluding tert-OH is 1. The average Bonchev–Trinajstić information content (AvgIpc) is 3.18. The molecule has 4 nitrogen and oxygen atoms in total. The summed E-state index contributed by atoms with van der Waals surface area (Å²) in [4.78, 5) is 2.26. The van der Waals surface area contributed by atoms with Gasteiger partial charge in [-0.3, -0.25) is 0 Å². The minimum atomic E-state index is -0.790. The Morgan fingerprint density at radius 3 is 2.44 bits per heavy atom. The molecule has 1 unspecified atom stereocenters. The quantitative estimate of drug-likeness (QED) is 0.852. The molecule has 4 rings (SSSR count). The monoisotopic (exact) mass is 367 g/mol. The lowest BCUT2D eigenvalue weighted by atomic mass is 9.84. The maximum absolute atomic E-state index is 11.1. The second kappa shape index (κ2) is 7.63. The molecular formula is C23H29NO3. The lowest BCUT2D eigenvalue weighted by Crippen LogP contribution is -2.43. The van der Waals surface area contributed by atoms with Gasteiger partial charge in [0, 0.05) is 19.6 Å². The van der Waals surface area contributed by atoms with Crippen LogP contribution in [0.2, 0.25) is 0 Å². The Morgan fingerprint density at radius 1 is 1.04 bits per heavy atom. The average molecular weight is 367 g/mol. The molecule has 1 fully saturated rings. The standard InChI is InChI=1S/C23H29NO3/c1-27-21-9-7-20(8-10-21)23(26)11-13-24(14-12-23)16-22(25)19-6-5-17-3-2-4-18(17)15-19/h5-10,15,22,25-26H,2-4,11-14,16H2,1H3. The van der Waals surface area contributed by atoms with Crippen molar-refractivity contribution >= 4 is 0 Å². The van der Waals surface area contributed by atoms with Gasteiger partial charge in [0.2, 0.25) is 0 Å². The first-order valence-electron chi connectivity index (χ1n) is 9.96. The van der Waals surface area contributed by atoms with Crippen molar-refractivity contribution in [2.24, 2.45) is 0 Å². The zero-order valence-electron chi connectivity index (χ0n) is 16.0. The Kier molecular flexibility index (Phi) is 5.22. The molecule has 1 aliphatic carbocycles. The predicted molar refractivity (Wildman–Crippen MR) is 106 cm³/mol. The molecule has 1 atom stereocenters. The summed E-state index contributed by atoms with van der Waals surface area (Å²) in [7, 11) is 1.65. The number of likely N-dealkylation sites (tertiary alicyclic amines) is 1. The third-order valence-corrected chi connectivity index (χ3v) is 6.25. The highest BCUT2D eigenvalue weighted by Crippen LogP contribution is 2.34. The van der Waals surface area contributed by atoms with Crippen LogP contribution in [0.25, 0.3) is 0 Å². The van der Waals surface area contributed by atoms with Gasteiger partial charge in [-0.25, -0.2) is 0 Å². The fourth-order valence-electron chi connectivity index (χ4n) is 4.44. The lowest BCUT2D eigenvalue weighted by molar-refractivity contribution is -0.0345. The summed E-state index contributed by atoms with van der Waals surface area (Å²) < 4.78 is 5.20. The van der Waals surface area contributed by atoms with Crippen LogP contribution < -0.4 is 4.74 Å². The van der Waals surface area contributed by atoms with E-state index in [9.17, 15) is 10.2 Å². The second-order valence-corrected chi connectivity index (χ2v) is 7.96. The van der Waals surface area contributed by atoms with Crippen LogP contribution in [0, 0.1) is 0 Å². The van der Waals surface area contributed by atoms with Gasteiger partial charge >= 0.3 is 0 Å². The smallest absolute Gasteiger partial charge is 0.118 e. The second-order valence-electron chi connectivity index (χ2n) is 7.96. The zero-order valence-corrected chi connectivity index (χ0v) is 16.0. The van der Waals surface area contributed by atoms with Gasteiger partial charge in [0.1, 0.15) is 5.75 Å². The van der Waals surface area contributed by atoms with E-state index in [0.29, 0.717) is 19.4 Å². The molecule has 4 heteroatoms. The van der Waals surface area contributed by atoms with Crippen molar-refractivity contribution in [3.05, 3.63) is 64.7 Å². The molecule has 144 valence electrons. The molecule has 0 amide bonds. The maximum Gasteiger partial charge on any atom is 0.118 e. The zero-order chi connectivity index (χ0) is 18.9. The molecule has 2 aliphatic rings. The van der Waals surface area contributed by atoms with E-state index in [1.807, 2.05) is 24.3 Å². The van der Waals surface area contributed by atoms with Gasteiger partial charge in [0.15, 0.2) is 0 Å². The van der Waals surface area contributed by atoms with E-state index in [2.05, 4.69) is 23.1 Å². The first-order chi connectivity index (χ1) is 13.1. The van der Waals surface area contributed by atoms with E-state index < -0.39 is 11.7 Å². The van der Waals surface area contributed by atoms with Crippen molar-refractivity contribution in [3.8, 4) is 5.75 Å².